The minimum Gasteiger partial charge on any atom is -0.0683 e. The highest BCUT2D eigenvalue weighted by Crippen LogP contribution is 2.11. The summed E-state index contributed by atoms with van der Waals surface area (Å²) in [4.78, 5) is 0. The standard InChI is InChI=1S/C10H8.3C7H8.8C2H6/c1-2-6-10-8-4-3-7-9(10)5-1;3*1-7-5-3-2-4-6-7;8*1-2/h1-8H;3*2-6H,1H3;8*1-2H3. The van der Waals surface area contributed by atoms with E-state index in [2.05, 4.69) is 106 Å². The maximum absolute atomic E-state index is 2.12. The Morgan fingerprint density at radius 3 is 0.426 bits per heavy atom. The molecule has 0 N–H and O–H groups in total. The highest BCUT2D eigenvalue weighted by molar-refractivity contribution is 5.82. The van der Waals surface area contributed by atoms with Gasteiger partial charge in [-0.1, -0.05) is 267 Å². The molecule has 0 heterocycles. The molecule has 0 radical (unpaired) electrons. The fourth-order valence-electron chi connectivity index (χ4n) is 2.74. The van der Waals surface area contributed by atoms with E-state index in [0.29, 0.717) is 0 Å². The predicted molar refractivity (Wildman–Crippen MR) is 228 cm³/mol. The quantitative estimate of drug-likeness (QED) is 0.157. The van der Waals surface area contributed by atoms with Crippen LogP contribution >= 0.6 is 0 Å². The highest BCUT2D eigenvalue weighted by Gasteiger charge is 1.85. The first-order chi connectivity index (χ1) is 23.1. The first-order valence-corrected chi connectivity index (χ1v) is 18.6. The van der Waals surface area contributed by atoms with Crippen molar-refractivity contribution in [2.45, 2.75) is 132 Å². The monoisotopic (exact) mass is 645 g/mol. The topological polar surface area (TPSA) is 0 Å². The number of hydrogen-bond donors (Lipinski definition) is 0. The fourth-order valence-corrected chi connectivity index (χ4v) is 2.74. The summed E-state index contributed by atoms with van der Waals surface area (Å²) in [6.07, 6.45) is 0. The zero-order valence-electron chi connectivity index (χ0n) is 34.8. The first kappa shape index (κ1) is 58.9. The van der Waals surface area contributed by atoms with E-state index in [0.717, 1.165) is 0 Å². The molecule has 0 atom stereocenters. The Kier molecular flexibility index (Phi) is 76.9. The van der Waals surface area contributed by atoms with Gasteiger partial charge in [0.15, 0.2) is 0 Å². The molecule has 0 bridgehead atoms. The van der Waals surface area contributed by atoms with Crippen LogP contribution in [0.5, 0.6) is 0 Å². The van der Waals surface area contributed by atoms with Gasteiger partial charge in [0.1, 0.15) is 0 Å². The summed E-state index contributed by atoms with van der Waals surface area (Å²) in [5.74, 6) is 0. The number of hydrogen-bond acceptors (Lipinski definition) is 0. The SMILES string of the molecule is CC.CC.CC.CC.CC.CC.CC.CC.Cc1ccccc1.Cc1ccccc1.Cc1ccccc1.c1ccc2ccccc2c1. The Morgan fingerprint density at radius 1 is 0.191 bits per heavy atom. The van der Waals surface area contributed by atoms with Gasteiger partial charge in [-0.25, -0.2) is 0 Å². The lowest BCUT2D eigenvalue weighted by atomic mass is 10.1. The second kappa shape index (κ2) is 61.4. The first-order valence-electron chi connectivity index (χ1n) is 18.6. The molecule has 47 heavy (non-hydrogen) atoms. The predicted octanol–water partition coefficient (Wildman–Crippen LogP) is 17.0. The molecule has 5 aromatic rings. The average Bonchev–Trinajstić information content (AvgIpc) is 3.20. The minimum atomic E-state index is 1.31. The lowest BCUT2D eigenvalue weighted by Gasteiger charge is -1.92. The number of rotatable bonds is 0. The molecule has 0 fully saturated rings. The maximum atomic E-state index is 2.12. The number of benzene rings is 5. The Balaban J connectivity index is -0.0000000800. The summed E-state index contributed by atoms with van der Waals surface area (Å²) in [6.45, 7) is 38.3. The summed E-state index contributed by atoms with van der Waals surface area (Å²) in [5, 5.41) is 2.62. The van der Waals surface area contributed by atoms with Crippen LogP contribution in [0.1, 0.15) is 127 Å². The van der Waals surface area contributed by atoms with Crippen LogP contribution in [0.25, 0.3) is 10.8 Å². The molecule has 0 spiro atoms. The molecule has 0 saturated heterocycles. The van der Waals surface area contributed by atoms with Gasteiger partial charge in [0.05, 0.1) is 0 Å². The van der Waals surface area contributed by atoms with Crippen molar-refractivity contribution in [3.05, 3.63) is 156 Å². The lowest BCUT2D eigenvalue weighted by molar-refractivity contribution is 1.48. The van der Waals surface area contributed by atoms with E-state index in [1.54, 1.807) is 0 Å². The van der Waals surface area contributed by atoms with E-state index in [9.17, 15) is 0 Å². The summed E-state index contributed by atoms with van der Waals surface area (Å²) in [7, 11) is 0. The second-order valence-electron chi connectivity index (χ2n) is 7.31. The molecule has 0 aliphatic heterocycles. The second-order valence-corrected chi connectivity index (χ2v) is 7.31. The van der Waals surface area contributed by atoms with Crippen molar-refractivity contribution in [1.82, 2.24) is 0 Å². The van der Waals surface area contributed by atoms with E-state index >= 15 is 0 Å². The normalized spacial score (nSPS) is 7.04. The van der Waals surface area contributed by atoms with E-state index in [1.807, 2.05) is 165 Å². The largest absolute Gasteiger partial charge is 0.0683 e. The van der Waals surface area contributed by atoms with Crippen molar-refractivity contribution in [1.29, 1.82) is 0 Å². The number of aryl methyl sites for hydroxylation is 3. The molecule has 0 amide bonds. The molecule has 5 aromatic carbocycles. The summed E-state index contributed by atoms with van der Waals surface area (Å²) in [6, 6.07) is 47.5. The van der Waals surface area contributed by atoms with Gasteiger partial charge in [-0.15, -0.1) is 0 Å². The third-order valence-electron chi connectivity index (χ3n) is 4.48. The molecule has 0 nitrogen and oxygen atoms in total. The lowest BCUT2D eigenvalue weighted by Crippen LogP contribution is -1.67. The van der Waals surface area contributed by atoms with Crippen LogP contribution in [-0.2, 0) is 0 Å². The Bertz CT molecular complexity index is 927. The molecule has 5 rings (SSSR count). The van der Waals surface area contributed by atoms with E-state index in [-0.39, 0.29) is 0 Å². The van der Waals surface area contributed by atoms with Gasteiger partial charge >= 0.3 is 0 Å². The van der Waals surface area contributed by atoms with Crippen LogP contribution in [0.15, 0.2) is 140 Å². The number of fused-ring (bicyclic) bond motifs is 1. The van der Waals surface area contributed by atoms with Gasteiger partial charge < -0.3 is 0 Å². The minimum absolute atomic E-state index is 1.31. The van der Waals surface area contributed by atoms with Gasteiger partial charge in [-0.05, 0) is 31.5 Å². The van der Waals surface area contributed by atoms with Gasteiger partial charge in [0.2, 0.25) is 0 Å². The van der Waals surface area contributed by atoms with Gasteiger partial charge in [0, 0.05) is 0 Å². The van der Waals surface area contributed by atoms with Gasteiger partial charge in [0.25, 0.3) is 0 Å². The van der Waals surface area contributed by atoms with Crippen LogP contribution < -0.4 is 0 Å². The molecule has 0 saturated carbocycles. The summed E-state index contributed by atoms with van der Waals surface area (Å²) in [5.41, 5.74) is 3.97. The van der Waals surface area contributed by atoms with Crippen molar-refractivity contribution < 1.29 is 0 Å². The van der Waals surface area contributed by atoms with Crippen LogP contribution in [0.2, 0.25) is 0 Å². The van der Waals surface area contributed by atoms with E-state index < -0.39 is 0 Å². The summed E-state index contributed by atoms with van der Waals surface area (Å²) < 4.78 is 0. The molecular weight excluding hydrogens is 565 g/mol. The van der Waals surface area contributed by atoms with Crippen molar-refractivity contribution >= 4 is 10.8 Å². The molecule has 268 valence electrons. The van der Waals surface area contributed by atoms with Gasteiger partial charge in [-0.3, -0.25) is 0 Å². The third-order valence-corrected chi connectivity index (χ3v) is 4.48. The smallest absolute Gasteiger partial charge is 0.0184 e. The molecule has 0 aliphatic carbocycles. The van der Waals surface area contributed by atoms with E-state index in [4.69, 9.17) is 0 Å². The van der Waals surface area contributed by atoms with Crippen LogP contribution in [0.4, 0.5) is 0 Å². The summed E-state index contributed by atoms with van der Waals surface area (Å²) >= 11 is 0. The van der Waals surface area contributed by atoms with Crippen molar-refractivity contribution in [2.75, 3.05) is 0 Å². The van der Waals surface area contributed by atoms with E-state index in [1.165, 1.54) is 27.5 Å². The average molecular weight is 645 g/mol. The molecule has 0 unspecified atom stereocenters. The van der Waals surface area contributed by atoms with Crippen molar-refractivity contribution in [2.24, 2.45) is 0 Å². The third kappa shape index (κ3) is 46.9. The van der Waals surface area contributed by atoms with Crippen LogP contribution in [0.3, 0.4) is 0 Å². The highest BCUT2D eigenvalue weighted by atomic mass is 13.9. The van der Waals surface area contributed by atoms with Crippen molar-refractivity contribution in [3.63, 3.8) is 0 Å². The van der Waals surface area contributed by atoms with Crippen LogP contribution in [-0.4, -0.2) is 0 Å². The Morgan fingerprint density at radius 2 is 0.319 bits per heavy atom. The Hall–Kier alpha value is -3.64. The Labute approximate surface area is 297 Å². The van der Waals surface area contributed by atoms with Crippen LogP contribution in [0, 0.1) is 20.8 Å². The molecule has 0 aromatic heterocycles. The maximum Gasteiger partial charge on any atom is -0.0184 e. The molecular formula is C47H80. The zero-order valence-corrected chi connectivity index (χ0v) is 34.8. The van der Waals surface area contributed by atoms with Crippen molar-refractivity contribution in [3.8, 4) is 0 Å². The molecule has 0 heteroatoms. The fraction of sp³-hybridized carbons (Fsp3) is 0.404. The molecule has 0 aliphatic rings. The van der Waals surface area contributed by atoms with Gasteiger partial charge in [-0.2, -0.15) is 0 Å². The zero-order chi connectivity index (χ0) is 38.2.